The number of ether oxygens (including phenoxy) is 1. The van der Waals surface area contributed by atoms with Crippen molar-refractivity contribution < 1.29 is 4.74 Å². The van der Waals surface area contributed by atoms with E-state index in [0.717, 1.165) is 32.7 Å². The summed E-state index contributed by atoms with van der Waals surface area (Å²) in [6.45, 7) is 10.3. The minimum atomic E-state index is 0.184. The molecular weight excluding hydrogens is 252 g/mol. The molecule has 1 aliphatic rings. The predicted molar refractivity (Wildman–Crippen MR) is 80.8 cm³/mol. The average Bonchev–Trinajstić information content (AvgIpc) is 2.87. The molecule has 0 saturated carbocycles. The highest BCUT2D eigenvalue weighted by Crippen LogP contribution is 2.31. The molecule has 2 atom stereocenters. The summed E-state index contributed by atoms with van der Waals surface area (Å²) in [5.41, 5.74) is 1.28. The van der Waals surface area contributed by atoms with Crippen LogP contribution in [0.2, 0.25) is 0 Å². The average molecular weight is 280 g/mol. The maximum absolute atomic E-state index is 6.02. The SMILES string of the molecule is CCCn1nccc1C1C(CNC)OCCN1C(C)C. The van der Waals surface area contributed by atoms with Crippen LogP contribution in [0.1, 0.15) is 38.9 Å². The summed E-state index contributed by atoms with van der Waals surface area (Å²) >= 11 is 0. The Kier molecular flexibility index (Phi) is 5.57. The fourth-order valence-corrected chi connectivity index (χ4v) is 3.06. The van der Waals surface area contributed by atoms with Gasteiger partial charge in [-0.15, -0.1) is 0 Å². The second kappa shape index (κ2) is 7.20. The van der Waals surface area contributed by atoms with Crippen molar-refractivity contribution in [2.75, 3.05) is 26.7 Å². The number of aryl methyl sites for hydroxylation is 1. The lowest BCUT2D eigenvalue weighted by Gasteiger charge is -2.43. The van der Waals surface area contributed by atoms with Crippen molar-refractivity contribution in [2.24, 2.45) is 0 Å². The third kappa shape index (κ3) is 3.22. The summed E-state index contributed by atoms with van der Waals surface area (Å²) < 4.78 is 8.16. The lowest BCUT2D eigenvalue weighted by molar-refractivity contribution is -0.0841. The molecule has 1 N–H and O–H groups in total. The molecule has 2 unspecified atom stereocenters. The second-order valence-electron chi connectivity index (χ2n) is 5.72. The van der Waals surface area contributed by atoms with Gasteiger partial charge in [0, 0.05) is 31.9 Å². The molecule has 0 bridgehead atoms. The van der Waals surface area contributed by atoms with Crippen molar-refractivity contribution in [3.63, 3.8) is 0 Å². The minimum Gasteiger partial charge on any atom is -0.374 e. The van der Waals surface area contributed by atoms with Crippen LogP contribution in [0.5, 0.6) is 0 Å². The molecule has 1 aromatic heterocycles. The molecule has 0 amide bonds. The molecule has 1 aliphatic heterocycles. The van der Waals surface area contributed by atoms with E-state index >= 15 is 0 Å². The van der Waals surface area contributed by atoms with E-state index in [1.807, 2.05) is 13.2 Å². The normalized spacial score (nSPS) is 24.4. The van der Waals surface area contributed by atoms with Gasteiger partial charge in [0.25, 0.3) is 0 Å². The molecule has 5 heteroatoms. The Labute approximate surface area is 122 Å². The maximum Gasteiger partial charge on any atom is 0.0911 e. The van der Waals surface area contributed by atoms with Gasteiger partial charge in [0.05, 0.1) is 24.4 Å². The molecule has 1 aromatic rings. The number of morpholine rings is 1. The number of hydrogen-bond acceptors (Lipinski definition) is 4. The van der Waals surface area contributed by atoms with Gasteiger partial charge in [0.15, 0.2) is 0 Å². The van der Waals surface area contributed by atoms with Gasteiger partial charge in [-0.2, -0.15) is 5.10 Å². The predicted octanol–water partition coefficient (Wildman–Crippen LogP) is 1.66. The van der Waals surface area contributed by atoms with Gasteiger partial charge in [0.2, 0.25) is 0 Å². The molecule has 114 valence electrons. The first-order chi connectivity index (χ1) is 9.69. The smallest absolute Gasteiger partial charge is 0.0911 e. The summed E-state index contributed by atoms with van der Waals surface area (Å²) in [7, 11) is 1.98. The van der Waals surface area contributed by atoms with E-state index in [1.54, 1.807) is 0 Å². The Bertz CT molecular complexity index is 402. The van der Waals surface area contributed by atoms with Crippen molar-refractivity contribution in [3.05, 3.63) is 18.0 Å². The summed E-state index contributed by atoms with van der Waals surface area (Å²) in [5, 5.41) is 7.74. The first kappa shape index (κ1) is 15.5. The van der Waals surface area contributed by atoms with E-state index in [4.69, 9.17) is 4.74 Å². The summed E-state index contributed by atoms with van der Waals surface area (Å²) in [6, 6.07) is 2.94. The fourth-order valence-electron chi connectivity index (χ4n) is 3.06. The van der Waals surface area contributed by atoms with Gasteiger partial charge in [0.1, 0.15) is 0 Å². The zero-order valence-corrected chi connectivity index (χ0v) is 13.2. The maximum atomic E-state index is 6.02. The summed E-state index contributed by atoms with van der Waals surface area (Å²) in [5.74, 6) is 0. The van der Waals surface area contributed by atoms with Crippen molar-refractivity contribution in [3.8, 4) is 0 Å². The van der Waals surface area contributed by atoms with E-state index in [-0.39, 0.29) is 12.1 Å². The fraction of sp³-hybridized carbons (Fsp3) is 0.800. The number of nitrogens with zero attached hydrogens (tertiary/aromatic N) is 3. The molecule has 2 rings (SSSR count). The van der Waals surface area contributed by atoms with E-state index in [1.165, 1.54) is 5.69 Å². The zero-order valence-electron chi connectivity index (χ0n) is 13.2. The van der Waals surface area contributed by atoms with Crippen LogP contribution in [0, 0.1) is 0 Å². The second-order valence-corrected chi connectivity index (χ2v) is 5.72. The lowest BCUT2D eigenvalue weighted by atomic mass is 10.0. The van der Waals surface area contributed by atoms with Crippen molar-refractivity contribution in [1.82, 2.24) is 20.0 Å². The van der Waals surface area contributed by atoms with Gasteiger partial charge >= 0.3 is 0 Å². The Morgan fingerprint density at radius 2 is 2.30 bits per heavy atom. The van der Waals surface area contributed by atoms with Crippen molar-refractivity contribution in [1.29, 1.82) is 0 Å². The van der Waals surface area contributed by atoms with Gasteiger partial charge in [-0.1, -0.05) is 6.92 Å². The molecule has 1 saturated heterocycles. The molecule has 0 aliphatic carbocycles. The van der Waals surface area contributed by atoms with Crippen LogP contribution < -0.4 is 5.32 Å². The van der Waals surface area contributed by atoms with E-state index in [2.05, 4.69) is 46.8 Å². The first-order valence-corrected chi connectivity index (χ1v) is 7.72. The molecule has 1 fully saturated rings. The topological polar surface area (TPSA) is 42.3 Å². The Balaban J connectivity index is 2.30. The van der Waals surface area contributed by atoms with Crippen LogP contribution in [0.3, 0.4) is 0 Å². The van der Waals surface area contributed by atoms with Gasteiger partial charge in [-0.3, -0.25) is 9.58 Å². The van der Waals surface area contributed by atoms with Crippen LogP contribution >= 0.6 is 0 Å². The number of likely N-dealkylation sites (N-methyl/N-ethyl adjacent to an activating group) is 1. The number of rotatable bonds is 6. The Morgan fingerprint density at radius 3 is 2.95 bits per heavy atom. The van der Waals surface area contributed by atoms with Crippen LogP contribution in [0.15, 0.2) is 12.3 Å². The Morgan fingerprint density at radius 1 is 1.50 bits per heavy atom. The van der Waals surface area contributed by atoms with E-state index in [0.29, 0.717) is 6.04 Å². The molecule has 5 nitrogen and oxygen atoms in total. The third-order valence-electron chi connectivity index (χ3n) is 3.95. The van der Waals surface area contributed by atoms with E-state index < -0.39 is 0 Å². The van der Waals surface area contributed by atoms with Gasteiger partial charge in [-0.05, 0) is 33.4 Å². The first-order valence-electron chi connectivity index (χ1n) is 7.72. The standard InChI is InChI=1S/C15H28N4O/c1-5-8-19-13(6-7-17-19)15-14(11-16-4)20-10-9-18(15)12(2)3/h6-7,12,14-16H,5,8-11H2,1-4H3. The number of hydrogen-bond donors (Lipinski definition) is 1. The van der Waals surface area contributed by atoms with Gasteiger partial charge in [-0.25, -0.2) is 0 Å². The summed E-state index contributed by atoms with van der Waals surface area (Å²) in [6.07, 6.45) is 3.19. The third-order valence-corrected chi connectivity index (χ3v) is 3.95. The zero-order chi connectivity index (χ0) is 14.5. The van der Waals surface area contributed by atoms with Crippen LogP contribution in [-0.2, 0) is 11.3 Å². The van der Waals surface area contributed by atoms with Crippen LogP contribution in [-0.4, -0.2) is 53.6 Å². The highest BCUT2D eigenvalue weighted by atomic mass is 16.5. The lowest BCUT2D eigenvalue weighted by Crippen LogP contribution is -2.51. The Hall–Kier alpha value is -0.910. The largest absolute Gasteiger partial charge is 0.374 e. The highest BCUT2D eigenvalue weighted by Gasteiger charge is 2.36. The quantitative estimate of drug-likeness (QED) is 0.860. The molecule has 0 radical (unpaired) electrons. The van der Waals surface area contributed by atoms with Gasteiger partial charge < -0.3 is 10.1 Å². The van der Waals surface area contributed by atoms with E-state index in [9.17, 15) is 0 Å². The van der Waals surface area contributed by atoms with Crippen LogP contribution in [0.4, 0.5) is 0 Å². The monoisotopic (exact) mass is 280 g/mol. The molecule has 2 heterocycles. The van der Waals surface area contributed by atoms with Crippen molar-refractivity contribution >= 4 is 0 Å². The molecular formula is C15H28N4O. The molecule has 0 aromatic carbocycles. The minimum absolute atomic E-state index is 0.184. The molecule has 20 heavy (non-hydrogen) atoms. The summed E-state index contributed by atoms with van der Waals surface area (Å²) in [4.78, 5) is 2.54. The number of nitrogens with one attached hydrogen (secondary N) is 1. The molecule has 0 spiro atoms. The van der Waals surface area contributed by atoms with Crippen LogP contribution in [0.25, 0.3) is 0 Å². The number of aromatic nitrogens is 2. The van der Waals surface area contributed by atoms with Crippen molar-refractivity contribution in [2.45, 2.75) is 51.9 Å². The highest BCUT2D eigenvalue weighted by molar-refractivity contribution is 5.12.